The van der Waals surface area contributed by atoms with Gasteiger partial charge in [-0.2, -0.15) is 5.26 Å². The van der Waals surface area contributed by atoms with Crippen molar-refractivity contribution in [3.8, 4) is 6.07 Å². The van der Waals surface area contributed by atoms with Crippen LogP contribution in [0.5, 0.6) is 0 Å². The highest BCUT2D eigenvalue weighted by atomic mass is 32.2. The lowest BCUT2D eigenvalue weighted by atomic mass is 10.0. The van der Waals surface area contributed by atoms with Crippen molar-refractivity contribution in [2.45, 2.75) is 31.2 Å². The van der Waals surface area contributed by atoms with E-state index in [1.165, 1.54) is 10.5 Å². The maximum absolute atomic E-state index is 9.30. The summed E-state index contributed by atoms with van der Waals surface area (Å²) >= 11 is 1.89. The van der Waals surface area contributed by atoms with Gasteiger partial charge in [0, 0.05) is 28.3 Å². The number of hydrogen-bond donors (Lipinski definition) is 1. The molecule has 2 aromatic rings. The zero-order chi connectivity index (χ0) is 13.4. The molecular weight excluding hydrogens is 254 g/mol. The zero-order valence-corrected chi connectivity index (χ0v) is 11.8. The predicted molar refractivity (Wildman–Crippen MR) is 79.6 cm³/mol. The summed E-state index contributed by atoms with van der Waals surface area (Å²) in [4.78, 5) is 5.76. The number of nitrogens with one attached hydrogen (secondary N) is 1. The number of rotatable bonds is 2. The Morgan fingerprint density at radius 2 is 2.26 bits per heavy atom. The Bertz CT molecular complexity index is 686. The molecule has 2 heterocycles. The van der Waals surface area contributed by atoms with E-state index in [-0.39, 0.29) is 0 Å². The number of nitrogens with zero attached hydrogens (tertiary/aromatic N) is 2. The van der Waals surface area contributed by atoms with Crippen molar-refractivity contribution in [2.24, 2.45) is 0 Å². The first-order valence-electron chi connectivity index (χ1n) is 6.44. The number of anilines is 1. The molecular formula is C15H15N3S. The van der Waals surface area contributed by atoms with Crippen LogP contribution in [0.25, 0.3) is 10.9 Å². The quantitative estimate of drug-likeness (QED) is 0.905. The fourth-order valence-electron chi connectivity index (χ4n) is 2.51. The third-order valence-corrected chi connectivity index (χ3v) is 4.36. The van der Waals surface area contributed by atoms with E-state index in [0.717, 1.165) is 28.8 Å². The van der Waals surface area contributed by atoms with Gasteiger partial charge in [-0.1, -0.05) is 0 Å². The van der Waals surface area contributed by atoms with Crippen molar-refractivity contribution < 1.29 is 0 Å². The lowest BCUT2D eigenvalue weighted by molar-refractivity contribution is 0.900. The van der Waals surface area contributed by atoms with Crippen molar-refractivity contribution in [1.29, 1.82) is 5.26 Å². The molecule has 0 amide bonds. The van der Waals surface area contributed by atoms with Crippen molar-refractivity contribution >= 4 is 28.4 Å². The van der Waals surface area contributed by atoms with Crippen LogP contribution in [-0.4, -0.2) is 16.8 Å². The van der Waals surface area contributed by atoms with Crippen LogP contribution in [0.15, 0.2) is 23.2 Å². The summed E-state index contributed by atoms with van der Waals surface area (Å²) in [5, 5.41) is 13.9. The molecule has 0 fully saturated rings. The first-order valence-corrected chi connectivity index (χ1v) is 7.43. The van der Waals surface area contributed by atoms with E-state index in [2.05, 4.69) is 42.4 Å². The summed E-state index contributed by atoms with van der Waals surface area (Å²) in [5.41, 5.74) is 3.90. The third kappa shape index (κ3) is 2.04. The molecule has 0 radical (unpaired) electrons. The summed E-state index contributed by atoms with van der Waals surface area (Å²) in [6.45, 7) is 4.18. The maximum Gasteiger partial charge on any atom is 0.103 e. The van der Waals surface area contributed by atoms with Crippen LogP contribution in [-0.2, 0) is 6.42 Å². The predicted octanol–water partition coefficient (Wildman–Crippen LogP) is 3.57. The Morgan fingerprint density at radius 3 is 3.00 bits per heavy atom. The van der Waals surface area contributed by atoms with Crippen LogP contribution in [0, 0.1) is 11.3 Å². The molecule has 1 N–H and O–H groups in total. The minimum Gasteiger partial charge on any atom is -0.381 e. The summed E-state index contributed by atoms with van der Waals surface area (Å²) in [5.74, 6) is 1.12. The molecule has 1 aromatic heterocycles. The van der Waals surface area contributed by atoms with E-state index in [0.29, 0.717) is 11.6 Å². The fraction of sp³-hybridized carbons (Fsp3) is 0.333. The zero-order valence-electron chi connectivity index (χ0n) is 11.0. The summed E-state index contributed by atoms with van der Waals surface area (Å²) in [7, 11) is 0. The van der Waals surface area contributed by atoms with Crippen LogP contribution in [0.1, 0.15) is 25.0 Å². The molecule has 0 bridgehead atoms. The molecule has 19 heavy (non-hydrogen) atoms. The minimum atomic E-state index is 0.294. The van der Waals surface area contributed by atoms with Gasteiger partial charge in [0.1, 0.15) is 6.07 Å². The van der Waals surface area contributed by atoms with Crippen molar-refractivity contribution in [3.05, 3.63) is 29.5 Å². The number of fused-ring (bicyclic) bond motifs is 3. The number of thioether (sulfide) groups is 1. The molecule has 1 aromatic carbocycles. The van der Waals surface area contributed by atoms with E-state index in [9.17, 15) is 5.26 Å². The molecule has 96 valence electrons. The van der Waals surface area contributed by atoms with Gasteiger partial charge in [-0.05, 0) is 38.0 Å². The van der Waals surface area contributed by atoms with Crippen LogP contribution in [0.3, 0.4) is 0 Å². The lowest BCUT2D eigenvalue weighted by Crippen LogP contribution is -2.12. The smallest absolute Gasteiger partial charge is 0.103 e. The first-order chi connectivity index (χ1) is 9.20. The number of aryl methyl sites for hydroxylation is 1. The highest BCUT2D eigenvalue weighted by Gasteiger charge is 2.19. The summed E-state index contributed by atoms with van der Waals surface area (Å²) < 4.78 is 0. The second kappa shape index (κ2) is 4.75. The number of nitriles is 1. The highest BCUT2D eigenvalue weighted by Crippen LogP contribution is 2.39. The van der Waals surface area contributed by atoms with Gasteiger partial charge in [0.2, 0.25) is 0 Å². The van der Waals surface area contributed by atoms with Crippen LogP contribution >= 0.6 is 11.8 Å². The Labute approximate surface area is 117 Å². The molecule has 1 aliphatic rings. The van der Waals surface area contributed by atoms with Crippen molar-refractivity contribution in [1.82, 2.24) is 4.98 Å². The van der Waals surface area contributed by atoms with Gasteiger partial charge >= 0.3 is 0 Å². The average Bonchev–Trinajstić information content (AvgIpc) is 2.86. The first kappa shape index (κ1) is 12.3. The number of aromatic nitrogens is 1. The third-order valence-electron chi connectivity index (χ3n) is 3.26. The number of pyridine rings is 1. The molecule has 3 rings (SSSR count). The molecule has 0 unspecified atom stereocenters. The van der Waals surface area contributed by atoms with Gasteiger partial charge in [0.05, 0.1) is 16.8 Å². The SMILES string of the molecule is CC(C)Nc1c(C#N)cnc2ccc3c(c12)CCS3. The van der Waals surface area contributed by atoms with E-state index in [4.69, 9.17) is 0 Å². The van der Waals surface area contributed by atoms with E-state index in [1.54, 1.807) is 6.20 Å². The molecule has 4 heteroatoms. The van der Waals surface area contributed by atoms with Gasteiger partial charge in [-0.25, -0.2) is 0 Å². The second-order valence-corrected chi connectivity index (χ2v) is 6.13. The largest absolute Gasteiger partial charge is 0.381 e. The normalized spacial score (nSPS) is 13.6. The Balaban J connectivity index is 2.34. The summed E-state index contributed by atoms with van der Waals surface area (Å²) in [6, 6.07) is 6.75. The topological polar surface area (TPSA) is 48.7 Å². The van der Waals surface area contributed by atoms with Gasteiger partial charge in [0.15, 0.2) is 0 Å². The molecule has 3 nitrogen and oxygen atoms in total. The molecule has 0 aliphatic carbocycles. The Kier molecular flexibility index (Phi) is 3.08. The van der Waals surface area contributed by atoms with Gasteiger partial charge < -0.3 is 5.32 Å². The molecule has 1 aliphatic heterocycles. The van der Waals surface area contributed by atoms with Crippen LogP contribution in [0.2, 0.25) is 0 Å². The monoisotopic (exact) mass is 269 g/mol. The van der Waals surface area contributed by atoms with Gasteiger partial charge in [-0.15, -0.1) is 11.8 Å². The fourth-order valence-corrected chi connectivity index (χ4v) is 3.57. The molecule has 0 saturated carbocycles. The number of hydrogen-bond acceptors (Lipinski definition) is 4. The van der Waals surface area contributed by atoms with E-state index in [1.807, 2.05) is 11.8 Å². The van der Waals surface area contributed by atoms with Gasteiger partial charge in [-0.3, -0.25) is 4.98 Å². The standard InChI is InChI=1S/C15H15N3S/c1-9(2)18-15-10(7-16)8-17-12-3-4-13-11(14(12)15)5-6-19-13/h3-4,8-9H,5-6H2,1-2H3,(H,17,18). The highest BCUT2D eigenvalue weighted by molar-refractivity contribution is 7.99. The average molecular weight is 269 g/mol. The van der Waals surface area contributed by atoms with Crippen LogP contribution < -0.4 is 5.32 Å². The Morgan fingerprint density at radius 1 is 1.42 bits per heavy atom. The van der Waals surface area contributed by atoms with Crippen LogP contribution in [0.4, 0.5) is 5.69 Å². The number of benzene rings is 1. The minimum absolute atomic E-state index is 0.294. The maximum atomic E-state index is 9.30. The summed E-state index contributed by atoms with van der Waals surface area (Å²) in [6.07, 6.45) is 2.72. The molecule has 0 spiro atoms. The Hall–Kier alpha value is -1.73. The second-order valence-electron chi connectivity index (χ2n) is 4.99. The van der Waals surface area contributed by atoms with Crippen molar-refractivity contribution in [3.63, 3.8) is 0 Å². The van der Waals surface area contributed by atoms with Gasteiger partial charge in [0.25, 0.3) is 0 Å². The molecule has 0 saturated heterocycles. The van der Waals surface area contributed by atoms with Crippen molar-refractivity contribution in [2.75, 3.05) is 11.1 Å². The molecule has 0 atom stereocenters. The van der Waals surface area contributed by atoms with E-state index < -0.39 is 0 Å². The lowest BCUT2D eigenvalue weighted by Gasteiger charge is -2.16. The van der Waals surface area contributed by atoms with E-state index >= 15 is 0 Å².